The molecule has 0 radical (unpaired) electrons. The van der Waals surface area contributed by atoms with Crippen LogP contribution in [0.1, 0.15) is 24.9 Å². The Morgan fingerprint density at radius 3 is 2.44 bits per heavy atom. The molecule has 1 aromatic heterocycles. The lowest BCUT2D eigenvalue weighted by Gasteiger charge is -2.19. The van der Waals surface area contributed by atoms with Crippen LogP contribution >= 0.6 is 0 Å². The third kappa shape index (κ3) is 2.68. The number of pyridine rings is 1. The summed E-state index contributed by atoms with van der Waals surface area (Å²) < 4.78 is 0. The molecule has 0 spiro atoms. The van der Waals surface area contributed by atoms with Crippen LogP contribution in [0.3, 0.4) is 0 Å². The Hall–Kier alpha value is -1.87. The molecule has 0 fully saturated rings. The zero-order valence-corrected chi connectivity index (χ0v) is 10.9. The molecule has 0 aliphatic carbocycles. The van der Waals surface area contributed by atoms with Gasteiger partial charge >= 0.3 is 0 Å². The van der Waals surface area contributed by atoms with E-state index in [0.717, 1.165) is 23.5 Å². The van der Waals surface area contributed by atoms with Gasteiger partial charge in [-0.3, -0.25) is 0 Å². The van der Waals surface area contributed by atoms with Gasteiger partial charge in [-0.25, -0.2) is 4.98 Å². The van der Waals surface area contributed by atoms with Crippen molar-refractivity contribution in [2.45, 2.75) is 19.4 Å². The van der Waals surface area contributed by atoms with E-state index in [-0.39, 0.29) is 6.04 Å². The van der Waals surface area contributed by atoms with Gasteiger partial charge in [-0.1, -0.05) is 31.2 Å². The maximum atomic E-state index is 5.98. The van der Waals surface area contributed by atoms with E-state index in [1.54, 1.807) is 0 Å². The fourth-order valence-electron chi connectivity index (χ4n) is 1.83. The van der Waals surface area contributed by atoms with E-state index >= 15 is 0 Å². The fraction of sp³-hybridized carbons (Fsp3) is 0.267. The van der Waals surface area contributed by atoms with Gasteiger partial charge in [0, 0.05) is 25.0 Å². The van der Waals surface area contributed by atoms with Gasteiger partial charge in [0.1, 0.15) is 5.82 Å². The van der Waals surface area contributed by atoms with E-state index in [0.29, 0.717) is 0 Å². The van der Waals surface area contributed by atoms with Crippen molar-refractivity contribution in [2.75, 3.05) is 11.9 Å². The van der Waals surface area contributed by atoms with Gasteiger partial charge in [-0.2, -0.15) is 0 Å². The molecule has 0 aliphatic rings. The molecule has 1 unspecified atom stereocenters. The summed E-state index contributed by atoms with van der Waals surface area (Å²) in [5.74, 6) is 0.924. The monoisotopic (exact) mass is 241 g/mol. The van der Waals surface area contributed by atoms with Crippen LogP contribution in [0.5, 0.6) is 0 Å². The van der Waals surface area contributed by atoms with Gasteiger partial charge in [0.25, 0.3) is 0 Å². The van der Waals surface area contributed by atoms with Crippen LogP contribution in [0.15, 0.2) is 48.7 Å². The van der Waals surface area contributed by atoms with E-state index < -0.39 is 0 Å². The van der Waals surface area contributed by atoms with Gasteiger partial charge in [-0.05, 0) is 30.2 Å². The normalized spacial score (nSPS) is 12.2. The number of hydrogen-bond donors (Lipinski definition) is 1. The molecule has 2 aromatic rings. The minimum absolute atomic E-state index is 0.0774. The number of para-hydroxylation sites is 1. The first-order valence-electron chi connectivity index (χ1n) is 6.22. The second-order valence-corrected chi connectivity index (χ2v) is 4.36. The molecule has 1 atom stereocenters. The van der Waals surface area contributed by atoms with Crippen molar-refractivity contribution in [2.24, 2.45) is 5.73 Å². The molecule has 2 rings (SSSR count). The Bertz CT molecular complexity index is 479. The molecular weight excluding hydrogens is 222 g/mol. The molecule has 2 N–H and O–H groups in total. The summed E-state index contributed by atoms with van der Waals surface area (Å²) in [6, 6.07) is 14.3. The van der Waals surface area contributed by atoms with Crippen molar-refractivity contribution in [1.82, 2.24) is 4.98 Å². The van der Waals surface area contributed by atoms with Crippen LogP contribution in [-0.2, 0) is 0 Å². The highest BCUT2D eigenvalue weighted by atomic mass is 15.2. The van der Waals surface area contributed by atoms with Crippen LogP contribution in [-0.4, -0.2) is 12.0 Å². The van der Waals surface area contributed by atoms with Crippen molar-refractivity contribution in [3.63, 3.8) is 0 Å². The Labute approximate surface area is 108 Å². The number of nitrogens with zero attached hydrogens (tertiary/aromatic N) is 2. The highest BCUT2D eigenvalue weighted by Gasteiger charge is 2.07. The Kier molecular flexibility index (Phi) is 3.95. The maximum Gasteiger partial charge on any atom is 0.132 e. The topological polar surface area (TPSA) is 42.1 Å². The average molecular weight is 241 g/mol. The van der Waals surface area contributed by atoms with Gasteiger partial charge < -0.3 is 10.6 Å². The molecular formula is C15H19N3. The molecule has 0 saturated carbocycles. The summed E-state index contributed by atoms with van der Waals surface area (Å²) in [4.78, 5) is 6.53. The second kappa shape index (κ2) is 5.65. The minimum atomic E-state index is 0.0774. The van der Waals surface area contributed by atoms with Gasteiger partial charge in [0.05, 0.1) is 0 Å². The zero-order valence-electron chi connectivity index (χ0n) is 10.9. The van der Waals surface area contributed by atoms with E-state index in [1.807, 2.05) is 37.5 Å². The SMILES string of the molecule is CCC(N)c1ccc(N(C)c2ccccc2)nc1. The Morgan fingerprint density at radius 1 is 1.17 bits per heavy atom. The lowest BCUT2D eigenvalue weighted by atomic mass is 10.1. The first-order valence-corrected chi connectivity index (χ1v) is 6.22. The quantitative estimate of drug-likeness (QED) is 0.893. The van der Waals surface area contributed by atoms with E-state index in [2.05, 4.69) is 35.0 Å². The lowest BCUT2D eigenvalue weighted by Crippen LogP contribution is -2.13. The van der Waals surface area contributed by atoms with Crippen LogP contribution in [0, 0.1) is 0 Å². The van der Waals surface area contributed by atoms with E-state index in [1.165, 1.54) is 0 Å². The van der Waals surface area contributed by atoms with Crippen molar-refractivity contribution in [3.05, 3.63) is 54.2 Å². The molecule has 0 aliphatic heterocycles. The Morgan fingerprint density at radius 2 is 1.89 bits per heavy atom. The first kappa shape index (κ1) is 12.6. The number of benzene rings is 1. The van der Waals surface area contributed by atoms with Crippen molar-refractivity contribution in [1.29, 1.82) is 0 Å². The number of hydrogen-bond acceptors (Lipinski definition) is 3. The molecule has 0 amide bonds. The summed E-state index contributed by atoms with van der Waals surface area (Å²) >= 11 is 0. The molecule has 3 nitrogen and oxygen atoms in total. The molecule has 1 aromatic carbocycles. The number of rotatable bonds is 4. The average Bonchev–Trinajstić information content (AvgIpc) is 2.47. The first-order chi connectivity index (χ1) is 8.72. The smallest absolute Gasteiger partial charge is 0.132 e. The molecule has 1 heterocycles. The summed E-state index contributed by atoms with van der Waals surface area (Å²) in [5, 5.41) is 0. The van der Waals surface area contributed by atoms with Crippen molar-refractivity contribution in [3.8, 4) is 0 Å². The summed E-state index contributed by atoms with van der Waals surface area (Å²) in [7, 11) is 2.01. The van der Waals surface area contributed by atoms with Gasteiger partial charge in [0.2, 0.25) is 0 Å². The lowest BCUT2D eigenvalue weighted by molar-refractivity contribution is 0.695. The van der Waals surface area contributed by atoms with E-state index in [4.69, 9.17) is 5.73 Å². The summed E-state index contributed by atoms with van der Waals surface area (Å²) in [6.45, 7) is 2.08. The van der Waals surface area contributed by atoms with Crippen LogP contribution in [0.4, 0.5) is 11.5 Å². The number of nitrogens with two attached hydrogens (primary N) is 1. The molecule has 18 heavy (non-hydrogen) atoms. The third-order valence-electron chi connectivity index (χ3n) is 3.13. The summed E-state index contributed by atoms with van der Waals surface area (Å²) in [5.41, 5.74) is 8.19. The molecule has 0 saturated heterocycles. The van der Waals surface area contributed by atoms with Gasteiger partial charge in [-0.15, -0.1) is 0 Å². The summed E-state index contributed by atoms with van der Waals surface area (Å²) in [6.07, 6.45) is 2.79. The van der Waals surface area contributed by atoms with Crippen LogP contribution in [0.2, 0.25) is 0 Å². The highest BCUT2D eigenvalue weighted by Crippen LogP contribution is 2.22. The maximum absolute atomic E-state index is 5.98. The fourth-order valence-corrected chi connectivity index (χ4v) is 1.83. The highest BCUT2D eigenvalue weighted by molar-refractivity contribution is 5.58. The second-order valence-electron chi connectivity index (χ2n) is 4.36. The standard InChI is InChI=1S/C15H19N3/c1-3-14(16)12-9-10-15(17-11-12)18(2)13-7-5-4-6-8-13/h4-11,14H,3,16H2,1-2H3. The molecule has 94 valence electrons. The molecule has 3 heteroatoms. The molecule has 0 bridgehead atoms. The number of aromatic nitrogens is 1. The van der Waals surface area contributed by atoms with Crippen LogP contribution < -0.4 is 10.6 Å². The predicted octanol–water partition coefficient (Wildman–Crippen LogP) is 3.26. The van der Waals surface area contributed by atoms with Gasteiger partial charge in [0.15, 0.2) is 0 Å². The Balaban J connectivity index is 2.19. The number of anilines is 2. The minimum Gasteiger partial charge on any atom is -0.329 e. The zero-order chi connectivity index (χ0) is 13.0. The third-order valence-corrected chi connectivity index (χ3v) is 3.13. The van der Waals surface area contributed by atoms with Crippen molar-refractivity contribution >= 4 is 11.5 Å². The van der Waals surface area contributed by atoms with Crippen molar-refractivity contribution < 1.29 is 0 Å². The predicted molar refractivity (Wildman–Crippen MR) is 76.0 cm³/mol. The van der Waals surface area contributed by atoms with E-state index in [9.17, 15) is 0 Å². The van der Waals surface area contributed by atoms with Crippen LogP contribution in [0.25, 0.3) is 0 Å². The largest absolute Gasteiger partial charge is 0.329 e.